The van der Waals surface area contributed by atoms with Crippen LogP contribution >= 0.6 is 0 Å². The molecule has 1 aromatic heterocycles. The Kier molecular flexibility index (Phi) is 2.44. The molecule has 1 aliphatic rings. The van der Waals surface area contributed by atoms with Crippen molar-refractivity contribution in [3.8, 4) is 0 Å². The number of anilines is 1. The zero-order valence-electron chi connectivity index (χ0n) is 9.81. The lowest BCUT2D eigenvalue weighted by Gasteiger charge is -2.23. The number of benzene rings is 1. The van der Waals surface area contributed by atoms with Gasteiger partial charge in [0.15, 0.2) is 0 Å². The van der Waals surface area contributed by atoms with Crippen molar-refractivity contribution in [3.63, 3.8) is 0 Å². The minimum atomic E-state index is -0.0167. The fraction of sp³-hybridized carbons (Fsp3) is 0.385. The first-order chi connectivity index (χ1) is 8.25. The predicted octanol–water partition coefficient (Wildman–Crippen LogP) is 2.22. The highest BCUT2D eigenvalue weighted by Gasteiger charge is 2.29. The van der Waals surface area contributed by atoms with E-state index in [4.69, 9.17) is 4.74 Å². The molecule has 1 aliphatic heterocycles. The van der Waals surface area contributed by atoms with Crippen LogP contribution in [0.4, 0.5) is 5.82 Å². The standard InChI is InChI=1S/C13H15N3O/c1-13(6-7-17-9-13)16-12-8-14-10-4-2-3-5-11(10)15-12/h2-5,8H,6-7,9H2,1H3,(H,15,16). The van der Waals surface area contributed by atoms with Gasteiger partial charge >= 0.3 is 0 Å². The van der Waals surface area contributed by atoms with Crippen LogP contribution in [0.3, 0.4) is 0 Å². The van der Waals surface area contributed by atoms with Crippen LogP contribution in [0.5, 0.6) is 0 Å². The zero-order valence-corrected chi connectivity index (χ0v) is 9.81. The van der Waals surface area contributed by atoms with Gasteiger partial charge in [0.25, 0.3) is 0 Å². The van der Waals surface area contributed by atoms with Gasteiger partial charge < -0.3 is 10.1 Å². The lowest BCUT2D eigenvalue weighted by atomic mass is 10.0. The van der Waals surface area contributed by atoms with Crippen LogP contribution in [0.25, 0.3) is 11.0 Å². The third kappa shape index (κ3) is 2.08. The molecule has 0 bridgehead atoms. The van der Waals surface area contributed by atoms with Gasteiger partial charge in [-0.3, -0.25) is 4.98 Å². The van der Waals surface area contributed by atoms with Crippen molar-refractivity contribution >= 4 is 16.9 Å². The molecule has 0 spiro atoms. The third-order valence-corrected chi connectivity index (χ3v) is 3.10. The van der Waals surface area contributed by atoms with E-state index in [-0.39, 0.29) is 5.54 Å². The van der Waals surface area contributed by atoms with E-state index in [1.54, 1.807) is 6.20 Å². The Morgan fingerprint density at radius 2 is 2.12 bits per heavy atom. The Labute approximate surface area is 100 Å². The molecular formula is C13H15N3O. The first-order valence-electron chi connectivity index (χ1n) is 5.83. The molecule has 4 heteroatoms. The summed E-state index contributed by atoms with van der Waals surface area (Å²) in [6.07, 6.45) is 2.79. The van der Waals surface area contributed by atoms with E-state index in [1.165, 1.54) is 0 Å². The van der Waals surface area contributed by atoms with Crippen LogP contribution in [0, 0.1) is 0 Å². The van der Waals surface area contributed by atoms with Gasteiger partial charge in [0, 0.05) is 6.61 Å². The number of para-hydroxylation sites is 2. The molecular weight excluding hydrogens is 214 g/mol. The lowest BCUT2D eigenvalue weighted by Crippen LogP contribution is -2.35. The molecule has 1 N–H and O–H groups in total. The minimum absolute atomic E-state index is 0.0167. The molecule has 2 aromatic rings. The maximum absolute atomic E-state index is 5.41. The summed E-state index contributed by atoms with van der Waals surface area (Å²) in [7, 11) is 0. The van der Waals surface area contributed by atoms with Gasteiger partial charge in [0.1, 0.15) is 5.82 Å². The van der Waals surface area contributed by atoms with E-state index in [2.05, 4.69) is 22.2 Å². The van der Waals surface area contributed by atoms with Crippen molar-refractivity contribution < 1.29 is 4.74 Å². The molecule has 17 heavy (non-hydrogen) atoms. The van der Waals surface area contributed by atoms with E-state index in [1.807, 2.05) is 24.3 Å². The number of nitrogens with zero attached hydrogens (tertiary/aromatic N) is 2. The molecule has 1 saturated heterocycles. The molecule has 1 atom stereocenters. The Morgan fingerprint density at radius 3 is 2.88 bits per heavy atom. The largest absolute Gasteiger partial charge is 0.379 e. The first-order valence-corrected chi connectivity index (χ1v) is 5.83. The van der Waals surface area contributed by atoms with Gasteiger partial charge in [-0.2, -0.15) is 0 Å². The zero-order chi connectivity index (χ0) is 11.7. The van der Waals surface area contributed by atoms with Crippen LogP contribution in [-0.2, 0) is 4.74 Å². The number of hydrogen-bond acceptors (Lipinski definition) is 4. The summed E-state index contributed by atoms with van der Waals surface area (Å²) in [5, 5.41) is 3.41. The lowest BCUT2D eigenvalue weighted by molar-refractivity contribution is 0.185. The molecule has 1 fully saturated rings. The highest BCUT2D eigenvalue weighted by molar-refractivity contribution is 5.75. The summed E-state index contributed by atoms with van der Waals surface area (Å²) in [6.45, 7) is 3.68. The maximum atomic E-state index is 5.41. The smallest absolute Gasteiger partial charge is 0.145 e. The molecule has 0 radical (unpaired) electrons. The number of aromatic nitrogens is 2. The molecule has 3 rings (SSSR count). The fourth-order valence-electron chi connectivity index (χ4n) is 2.09. The van der Waals surface area contributed by atoms with Gasteiger partial charge in [0.2, 0.25) is 0 Å². The van der Waals surface area contributed by atoms with Crippen molar-refractivity contribution in [2.24, 2.45) is 0 Å². The van der Waals surface area contributed by atoms with Crippen molar-refractivity contribution in [1.82, 2.24) is 9.97 Å². The van der Waals surface area contributed by atoms with Gasteiger partial charge in [-0.05, 0) is 25.5 Å². The van der Waals surface area contributed by atoms with Gasteiger partial charge in [-0.1, -0.05) is 12.1 Å². The van der Waals surface area contributed by atoms with E-state index in [9.17, 15) is 0 Å². The Hall–Kier alpha value is -1.68. The Bertz CT molecular complexity index is 535. The van der Waals surface area contributed by atoms with Crippen LogP contribution in [-0.4, -0.2) is 28.7 Å². The number of hydrogen-bond donors (Lipinski definition) is 1. The van der Waals surface area contributed by atoms with E-state index in [0.717, 1.165) is 36.5 Å². The van der Waals surface area contributed by atoms with E-state index >= 15 is 0 Å². The summed E-state index contributed by atoms with van der Waals surface area (Å²) in [4.78, 5) is 8.94. The maximum Gasteiger partial charge on any atom is 0.145 e. The Balaban J connectivity index is 1.90. The van der Waals surface area contributed by atoms with Gasteiger partial charge in [0.05, 0.1) is 29.4 Å². The monoisotopic (exact) mass is 229 g/mol. The molecule has 88 valence electrons. The highest BCUT2D eigenvalue weighted by atomic mass is 16.5. The topological polar surface area (TPSA) is 47.0 Å². The van der Waals surface area contributed by atoms with Crippen molar-refractivity contribution in [3.05, 3.63) is 30.5 Å². The minimum Gasteiger partial charge on any atom is -0.379 e. The highest BCUT2D eigenvalue weighted by Crippen LogP contribution is 2.23. The van der Waals surface area contributed by atoms with E-state index in [0.29, 0.717) is 0 Å². The summed E-state index contributed by atoms with van der Waals surface area (Å²) in [5.41, 5.74) is 1.82. The summed E-state index contributed by atoms with van der Waals surface area (Å²) < 4.78 is 5.41. The SMILES string of the molecule is CC1(Nc2cnc3ccccc3n2)CCOC1. The molecule has 0 aliphatic carbocycles. The summed E-state index contributed by atoms with van der Waals surface area (Å²) >= 11 is 0. The van der Waals surface area contributed by atoms with Crippen LogP contribution in [0.1, 0.15) is 13.3 Å². The molecule has 0 saturated carbocycles. The number of nitrogens with one attached hydrogen (secondary N) is 1. The molecule has 1 aromatic carbocycles. The molecule has 0 amide bonds. The van der Waals surface area contributed by atoms with E-state index < -0.39 is 0 Å². The van der Waals surface area contributed by atoms with Crippen LogP contribution in [0.2, 0.25) is 0 Å². The second-order valence-corrected chi connectivity index (χ2v) is 4.73. The fourth-order valence-corrected chi connectivity index (χ4v) is 2.09. The average molecular weight is 229 g/mol. The predicted molar refractivity (Wildman–Crippen MR) is 67.0 cm³/mol. The summed E-state index contributed by atoms with van der Waals surface area (Å²) in [6, 6.07) is 7.88. The summed E-state index contributed by atoms with van der Waals surface area (Å²) in [5.74, 6) is 0.816. The van der Waals surface area contributed by atoms with Crippen LogP contribution in [0.15, 0.2) is 30.5 Å². The number of fused-ring (bicyclic) bond motifs is 1. The second kappa shape index (κ2) is 3.96. The van der Waals surface area contributed by atoms with Gasteiger partial charge in [-0.15, -0.1) is 0 Å². The van der Waals surface area contributed by atoms with Crippen molar-refractivity contribution in [2.45, 2.75) is 18.9 Å². The number of rotatable bonds is 2. The second-order valence-electron chi connectivity index (χ2n) is 4.73. The molecule has 1 unspecified atom stereocenters. The molecule has 4 nitrogen and oxygen atoms in total. The third-order valence-electron chi connectivity index (χ3n) is 3.10. The normalized spacial score (nSPS) is 24.1. The molecule has 2 heterocycles. The Morgan fingerprint density at radius 1 is 1.29 bits per heavy atom. The van der Waals surface area contributed by atoms with Crippen LogP contribution < -0.4 is 5.32 Å². The first kappa shape index (κ1) is 10.5. The number of ether oxygens (including phenoxy) is 1. The van der Waals surface area contributed by atoms with Gasteiger partial charge in [-0.25, -0.2) is 4.98 Å². The van der Waals surface area contributed by atoms with Crippen molar-refractivity contribution in [2.75, 3.05) is 18.5 Å². The quantitative estimate of drug-likeness (QED) is 0.857. The average Bonchev–Trinajstić information content (AvgIpc) is 2.76. The van der Waals surface area contributed by atoms with Crippen molar-refractivity contribution in [1.29, 1.82) is 0 Å².